The van der Waals surface area contributed by atoms with Gasteiger partial charge in [0.15, 0.2) is 0 Å². The Balaban J connectivity index is 2.52. The van der Waals surface area contributed by atoms with Gasteiger partial charge in [-0.2, -0.15) is 5.32 Å². The topological polar surface area (TPSA) is 37.7 Å². The number of carbonyl (C=O) groups is 1. The zero-order valence-corrected chi connectivity index (χ0v) is 7.08. The van der Waals surface area contributed by atoms with Crippen molar-refractivity contribution in [1.82, 2.24) is 15.1 Å². The van der Waals surface area contributed by atoms with Crippen molar-refractivity contribution in [2.75, 3.05) is 26.4 Å². The summed E-state index contributed by atoms with van der Waals surface area (Å²) in [5.74, 6) is 0. The number of amides is 2. The molecule has 0 saturated carbocycles. The summed E-state index contributed by atoms with van der Waals surface area (Å²) in [6.45, 7) is 6.55. The molecule has 4 heteroatoms. The predicted octanol–water partition coefficient (Wildman–Crippen LogP) is 0.283. The van der Waals surface area contributed by atoms with E-state index >= 15 is 0 Å². The van der Waals surface area contributed by atoms with E-state index in [0.717, 1.165) is 13.1 Å². The van der Waals surface area contributed by atoms with Gasteiger partial charge in [0.2, 0.25) is 0 Å². The predicted molar refractivity (Wildman–Crippen MR) is 42.0 cm³/mol. The number of rotatable bonds is 2. The lowest BCUT2D eigenvalue weighted by Crippen LogP contribution is -2.53. The first kappa shape index (κ1) is 8.33. The minimum absolute atomic E-state index is 0.116. The molecule has 1 aliphatic heterocycles. The molecule has 1 saturated heterocycles. The van der Waals surface area contributed by atoms with Crippen LogP contribution in [0.2, 0.25) is 0 Å². The molecular formula is C7H14N3O. The van der Waals surface area contributed by atoms with Crippen LogP contribution in [0.4, 0.5) is 4.79 Å². The molecule has 0 aromatic rings. The number of hydrogen-bond donors (Lipinski definition) is 0. The maximum Gasteiger partial charge on any atom is 0.322 e. The smallest absolute Gasteiger partial charge is 0.311 e. The minimum atomic E-state index is 0.116. The van der Waals surface area contributed by atoms with Gasteiger partial charge in [-0.05, 0) is 13.8 Å². The fourth-order valence-electron chi connectivity index (χ4n) is 1.08. The Labute approximate surface area is 67.2 Å². The summed E-state index contributed by atoms with van der Waals surface area (Å²) in [6, 6.07) is 0.116. The van der Waals surface area contributed by atoms with Crippen LogP contribution in [0.15, 0.2) is 0 Å². The van der Waals surface area contributed by atoms with E-state index in [0.29, 0.717) is 13.3 Å². The maximum absolute atomic E-state index is 11.4. The number of carbonyl (C=O) groups excluding carboxylic acids is 1. The molecule has 0 aromatic carbocycles. The van der Waals surface area contributed by atoms with E-state index in [1.807, 2.05) is 13.8 Å². The molecule has 0 aliphatic carbocycles. The Morgan fingerprint density at radius 2 is 1.73 bits per heavy atom. The van der Waals surface area contributed by atoms with E-state index in [4.69, 9.17) is 0 Å². The molecule has 63 valence electrons. The van der Waals surface area contributed by atoms with Gasteiger partial charge in [0.1, 0.15) is 0 Å². The van der Waals surface area contributed by atoms with E-state index in [2.05, 4.69) is 5.32 Å². The van der Waals surface area contributed by atoms with Crippen molar-refractivity contribution in [3.05, 3.63) is 0 Å². The third-order valence-electron chi connectivity index (χ3n) is 1.85. The molecule has 0 spiro atoms. The molecule has 0 N–H and O–H groups in total. The van der Waals surface area contributed by atoms with Crippen molar-refractivity contribution < 1.29 is 4.79 Å². The lowest BCUT2D eigenvalue weighted by atomic mass is 10.5. The minimum Gasteiger partial charge on any atom is -0.311 e. The van der Waals surface area contributed by atoms with Gasteiger partial charge in [-0.25, -0.2) is 4.79 Å². The molecule has 1 fully saturated rings. The summed E-state index contributed by atoms with van der Waals surface area (Å²) >= 11 is 0. The van der Waals surface area contributed by atoms with Crippen LogP contribution in [0.5, 0.6) is 0 Å². The average Bonchev–Trinajstić information content (AvgIpc) is 2.05. The molecule has 0 unspecified atom stereocenters. The van der Waals surface area contributed by atoms with E-state index in [9.17, 15) is 4.79 Å². The molecule has 2 amide bonds. The zero-order chi connectivity index (χ0) is 8.27. The first-order chi connectivity index (χ1) is 5.29. The second kappa shape index (κ2) is 3.57. The molecule has 0 bridgehead atoms. The van der Waals surface area contributed by atoms with Crippen molar-refractivity contribution in [2.45, 2.75) is 13.8 Å². The van der Waals surface area contributed by atoms with Crippen LogP contribution in [0, 0.1) is 0 Å². The fourth-order valence-corrected chi connectivity index (χ4v) is 1.08. The van der Waals surface area contributed by atoms with E-state index in [1.165, 1.54) is 0 Å². The summed E-state index contributed by atoms with van der Waals surface area (Å²) in [5, 5.41) is 4.16. The Hall–Kier alpha value is -0.770. The monoisotopic (exact) mass is 156 g/mol. The summed E-state index contributed by atoms with van der Waals surface area (Å²) in [5.41, 5.74) is 0. The number of hydrogen-bond acceptors (Lipinski definition) is 1. The molecule has 4 nitrogen and oxygen atoms in total. The van der Waals surface area contributed by atoms with Crippen molar-refractivity contribution in [3.8, 4) is 0 Å². The highest BCUT2D eigenvalue weighted by atomic mass is 16.2. The highest BCUT2D eigenvalue weighted by Gasteiger charge is 2.22. The van der Waals surface area contributed by atoms with E-state index in [1.54, 1.807) is 9.80 Å². The normalized spacial score (nSPS) is 19.3. The first-order valence-electron chi connectivity index (χ1n) is 3.96. The van der Waals surface area contributed by atoms with Crippen LogP contribution < -0.4 is 5.32 Å². The largest absolute Gasteiger partial charge is 0.322 e. The average molecular weight is 156 g/mol. The molecule has 1 rings (SSSR count). The van der Waals surface area contributed by atoms with Crippen LogP contribution in [0.3, 0.4) is 0 Å². The second-order valence-corrected chi connectivity index (χ2v) is 2.50. The van der Waals surface area contributed by atoms with Gasteiger partial charge in [-0.1, -0.05) is 0 Å². The van der Waals surface area contributed by atoms with Crippen LogP contribution in [0.1, 0.15) is 13.8 Å². The van der Waals surface area contributed by atoms with Gasteiger partial charge in [0.25, 0.3) is 0 Å². The van der Waals surface area contributed by atoms with Crippen molar-refractivity contribution in [3.63, 3.8) is 0 Å². The lowest BCUT2D eigenvalue weighted by molar-refractivity contribution is 0.120. The Morgan fingerprint density at radius 3 is 2.09 bits per heavy atom. The Kier molecular flexibility index (Phi) is 2.70. The van der Waals surface area contributed by atoms with Crippen molar-refractivity contribution in [2.24, 2.45) is 0 Å². The van der Waals surface area contributed by atoms with Crippen molar-refractivity contribution in [1.29, 1.82) is 0 Å². The fraction of sp³-hybridized carbons (Fsp3) is 0.857. The highest BCUT2D eigenvalue weighted by Crippen LogP contribution is 2.02. The Morgan fingerprint density at radius 1 is 1.27 bits per heavy atom. The molecule has 11 heavy (non-hydrogen) atoms. The third kappa shape index (κ3) is 1.63. The van der Waals surface area contributed by atoms with Crippen LogP contribution in [-0.2, 0) is 0 Å². The van der Waals surface area contributed by atoms with E-state index in [-0.39, 0.29) is 6.03 Å². The van der Waals surface area contributed by atoms with Gasteiger partial charge in [-0.3, -0.25) is 0 Å². The number of nitrogens with zero attached hydrogens (tertiary/aromatic N) is 3. The van der Waals surface area contributed by atoms with E-state index < -0.39 is 0 Å². The third-order valence-corrected chi connectivity index (χ3v) is 1.85. The molecular weight excluding hydrogens is 142 g/mol. The molecule has 0 atom stereocenters. The quantitative estimate of drug-likeness (QED) is 0.566. The van der Waals surface area contributed by atoms with Crippen molar-refractivity contribution >= 4 is 6.03 Å². The standard InChI is InChI=1S/C7H14N3O/c1-3-9-5-8-6-10(4-2)7(9)11/h3-6H2,1-2H3. The molecule has 1 heterocycles. The summed E-state index contributed by atoms with van der Waals surface area (Å²) in [6.07, 6.45) is 0. The van der Waals surface area contributed by atoms with Gasteiger partial charge in [0.05, 0.1) is 13.3 Å². The SMILES string of the molecule is CCN1C[N]CN(CC)C1=O. The lowest BCUT2D eigenvalue weighted by Gasteiger charge is -2.33. The summed E-state index contributed by atoms with van der Waals surface area (Å²) < 4.78 is 0. The number of urea groups is 1. The first-order valence-corrected chi connectivity index (χ1v) is 3.96. The van der Waals surface area contributed by atoms with Gasteiger partial charge < -0.3 is 9.80 Å². The highest BCUT2D eigenvalue weighted by molar-refractivity contribution is 5.74. The maximum atomic E-state index is 11.4. The van der Waals surface area contributed by atoms with Gasteiger partial charge in [-0.15, -0.1) is 0 Å². The molecule has 0 aromatic heterocycles. The van der Waals surface area contributed by atoms with Crippen LogP contribution >= 0.6 is 0 Å². The van der Waals surface area contributed by atoms with Crippen LogP contribution in [0.25, 0.3) is 0 Å². The molecule has 1 radical (unpaired) electrons. The zero-order valence-electron chi connectivity index (χ0n) is 7.08. The summed E-state index contributed by atoms with van der Waals surface area (Å²) in [7, 11) is 0. The van der Waals surface area contributed by atoms with Crippen LogP contribution in [-0.4, -0.2) is 42.3 Å². The Bertz CT molecular complexity index is 135. The second-order valence-electron chi connectivity index (χ2n) is 2.50. The molecule has 1 aliphatic rings. The van der Waals surface area contributed by atoms with Gasteiger partial charge in [0, 0.05) is 13.1 Å². The van der Waals surface area contributed by atoms with Gasteiger partial charge >= 0.3 is 6.03 Å². The summed E-state index contributed by atoms with van der Waals surface area (Å²) in [4.78, 5) is 14.8.